The van der Waals surface area contributed by atoms with E-state index in [2.05, 4.69) is 20.9 Å². The topological polar surface area (TPSA) is 99.7 Å². The number of anilines is 2. The molecule has 0 spiro atoms. The van der Waals surface area contributed by atoms with Crippen LogP contribution in [-0.2, 0) is 14.4 Å². The number of amides is 3. The number of hydrogen-bond acceptors (Lipinski definition) is 5. The number of nitrogens with one attached hydrogen (secondary N) is 3. The van der Waals surface area contributed by atoms with Gasteiger partial charge in [0, 0.05) is 24.1 Å². The Balaban J connectivity index is 1.95. The summed E-state index contributed by atoms with van der Waals surface area (Å²) in [6.45, 7) is 2.03. The normalized spacial score (nSPS) is 13.3. The molecule has 0 aromatic heterocycles. The number of hydrogen-bond donors (Lipinski definition) is 3. The first-order valence-electron chi connectivity index (χ1n) is 6.22. The van der Waals surface area contributed by atoms with Crippen LogP contribution in [-0.4, -0.2) is 35.2 Å². The third kappa shape index (κ3) is 4.60. The van der Waals surface area contributed by atoms with Gasteiger partial charge in [-0.2, -0.15) is 0 Å². The standard InChI is InChI=1S/C13H14N4O3S/c1-8(18)15-9-3-2-4-10(7-9)16-11(19)12(20)17-13-14-5-6-21-13/h2-4,7H,5-6H2,1H3,(H,15,18)(H,16,19)(H,14,17,20). The zero-order valence-electron chi connectivity index (χ0n) is 11.3. The highest BCUT2D eigenvalue weighted by atomic mass is 32.2. The lowest BCUT2D eigenvalue weighted by Crippen LogP contribution is -2.37. The van der Waals surface area contributed by atoms with E-state index >= 15 is 0 Å². The minimum absolute atomic E-state index is 0.215. The summed E-state index contributed by atoms with van der Waals surface area (Å²) >= 11 is 1.39. The van der Waals surface area contributed by atoms with Crippen LogP contribution in [0.1, 0.15) is 6.92 Å². The highest BCUT2D eigenvalue weighted by molar-refractivity contribution is 8.14. The molecule has 0 bridgehead atoms. The second-order valence-electron chi connectivity index (χ2n) is 4.21. The number of benzene rings is 1. The second-order valence-corrected chi connectivity index (χ2v) is 5.29. The summed E-state index contributed by atoms with van der Waals surface area (Å²) < 4.78 is 0. The fraction of sp³-hybridized carbons (Fsp3) is 0.231. The first kappa shape index (κ1) is 15.0. The van der Waals surface area contributed by atoms with E-state index in [1.54, 1.807) is 24.3 Å². The van der Waals surface area contributed by atoms with Crippen molar-refractivity contribution in [3.63, 3.8) is 0 Å². The summed E-state index contributed by atoms with van der Waals surface area (Å²) in [5.41, 5.74) is 0.957. The molecule has 21 heavy (non-hydrogen) atoms. The van der Waals surface area contributed by atoms with Gasteiger partial charge in [0.15, 0.2) is 5.17 Å². The maximum atomic E-state index is 11.8. The Labute approximate surface area is 125 Å². The van der Waals surface area contributed by atoms with E-state index in [0.29, 0.717) is 23.1 Å². The molecule has 0 atom stereocenters. The summed E-state index contributed by atoms with van der Waals surface area (Å²) in [6, 6.07) is 6.53. The molecular formula is C13H14N4O3S. The predicted octanol–water partition coefficient (Wildman–Crippen LogP) is 0.802. The van der Waals surface area contributed by atoms with Crippen molar-refractivity contribution >= 4 is 46.0 Å². The Morgan fingerprint density at radius 3 is 2.38 bits per heavy atom. The van der Waals surface area contributed by atoms with Gasteiger partial charge in [-0.15, -0.1) is 0 Å². The Morgan fingerprint density at radius 1 is 1.10 bits per heavy atom. The molecule has 0 saturated carbocycles. The number of carbonyl (C=O) groups excluding carboxylic acids is 3. The van der Waals surface area contributed by atoms with Crippen LogP contribution in [0.2, 0.25) is 0 Å². The summed E-state index contributed by atoms with van der Waals surface area (Å²) in [4.78, 5) is 38.4. The van der Waals surface area contributed by atoms with Crippen LogP contribution < -0.4 is 16.0 Å². The molecule has 2 rings (SSSR count). The number of nitrogens with zero attached hydrogens (tertiary/aromatic N) is 1. The molecule has 0 aliphatic carbocycles. The zero-order chi connectivity index (χ0) is 15.2. The van der Waals surface area contributed by atoms with Crippen molar-refractivity contribution < 1.29 is 14.4 Å². The van der Waals surface area contributed by atoms with E-state index in [1.807, 2.05) is 0 Å². The van der Waals surface area contributed by atoms with Gasteiger partial charge >= 0.3 is 11.8 Å². The van der Waals surface area contributed by atoms with Crippen LogP contribution in [0.3, 0.4) is 0 Å². The maximum Gasteiger partial charge on any atom is 0.315 e. The number of carbonyl (C=O) groups is 3. The van der Waals surface area contributed by atoms with E-state index in [-0.39, 0.29) is 5.91 Å². The van der Waals surface area contributed by atoms with Crippen molar-refractivity contribution in [3.05, 3.63) is 24.3 Å². The van der Waals surface area contributed by atoms with Gasteiger partial charge in [0.1, 0.15) is 0 Å². The van der Waals surface area contributed by atoms with E-state index in [1.165, 1.54) is 18.7 Å². The molecule has 1 aliphatic heterocycles. The van der Waals surface area contributed by atoms with E-state index in [0.717, 1.165) is 5.75 Å². The van der Waals surface area contributed by atoms with Gasteiger partial charge in [-0.3, -0.25) is 24.7 Å². The fourth-order valence-electron chi connectivity index (χ4n) is 1.63. The molecule has 0 saturated heterocycles. The Morgan fingerprint density at radius 2 is 1.76 bits per heavy atom. The fourth-order valence-corrected chi connectivity index (χ4v) is 2.35. The quantitative estimate of drug-likeness (QED) is 0.704. The van der Waals surface area contributed by atoms with Crippen molar-refractivity contribution in [2.75, 3.05) is 22.9 Å². The van der Waals surface area contributed by atoms with Gasteiger partial charge in [-0.05, 0) is 18.2 Å². The molecule has 0 unspecified atom stereocenters. The number of amidine groups is 1. The Hall–Kier alpha value is -2.35. The molecule has 3 N–H and O–H groups in total. The largest absolute Gasteiger partial charge is 0.326 e. The lowest BCUT2D eigenvalue weighted by Gasteiger charge is -2.08. The van der Waals surface area contributed by atoms with Crippen LogP contribution in [0.5, 0.6) is 0 Å². The van der Waals surface area contributed by atoms with E-state index < -0.39 is 11.8 Å². The minimum Gasteiger partial charge on any atom is -0.326 e. The highest BCUT2D eigenvalue weighted by Crippen LogP contribution is 2.15. The van der Waals surface area contributed by atoms with Crippen molar-refractivity contribution in [1.29, 1.82) is 0 Å². The molecule has 0 radical (unpaired) electrons. The predicted molar refractivity (Wildman–Crippen MR) is 82.3 cm³/mol. The SMILES string of the molecule is CC(=O)Nc1cccc(NC(=O)C(=O)NC2=NCCS2)c1. The summed E-state index contributed by atoms with van der Waals surface area (Å²) in [7, 11) is 0. The second kappa shape index (κ2) is 6.89. The summed E-state index contributed by atoms with van der Waals surface area (Å²) in [6.07, 6.45) is 0. The lowest BCUT2D eigenvalue weighted by molar-refractivity contribution is -0.135. The minimum atomic E-state index is -0.787. The van der Waals surface area contributed by atoms with Gasteiger partial charge in [0.05, 0.1) is 6.54 Å². The average Bonchev–Trinajstić information content (AvgIpc) is 2.91. The molecule has 3 amide bonds. The van der Waals surface area contributed by atoms with Crippen molar-refractivity contribution in [2.24, 2.45) is 4.99 Å². The van der Waals surface area contributed by atoms with Gasteiger partial charge in [-0.1, -0.05) is 17.8 Å². The van der Waals surface area contributed by atoms with Crippen LogP contribution in [0.4, 0.5) is 11.4 Å². The number of thioether (sulfide) groups is 1. The molecule has 1 aromatic rings. The van der Waals surface area contributed by atoms with E-state index in [4.69, 9.17) is 0 Å². The number of aliphatic imine (C=N–C) groups is 1. The maximum absolute atomic E-state index is 11.8. The molecule has 8 heteroatoms. The first-order chi connectivity index (χ1) is 10.0. The summed E-state index contributed by atoms with van der Waals surface area (Å²) in [5.74, 6) is -0.971. The van der Waals surface area contributed by atoms with Gasteiger partial charge in [0.25, 0.3) is 0 Å². The third-order valence-electron chi connectivity index (χ3n) is 2.45. The van der Waals surface area contributed by atoms with Crippen LogP contribution in [0.25, 0.3) is 0 Å². The lowest BCUT2D eigenvalue weighted by atomic mass is 10.2. The van der Waals surface area contributed by atoms with Crippen LogP contribution >= 0.6 is 11.8 Å². The van der Waals surface area contributed by atoms with Crippen LogP contribution in [0, 0.1) is 0 Å². The van der Waals surface area contributed by atoms with Gasteiger partial charge in [-0.25, -0.2) is 0 Å². The van der Waals surface area contributed by atoms with Crippen LogP contribution in [0.15, 0.2) is 29.3 Å². The molecule has 0 fully saturated rings. The number of rotatable bonds is 2. The monoisotopic (exact) mass is 306 g/mol. The smallest absolute Gasteiger partial charge is 0.315 e. The average molecular weight is 306 g/mol. The molecule has 1 aliphatic rings. The Bertz CT molecular complexity index is 615. The molecule has 1 aromatic carbocycles. The zero-order valence-corrected chi connectivity index (χ0v) is 12.1. The molecule has 7 nitrogen and oxygen atoms in total. The van der Waals surface area contributed by atoms with Gasteiger partial charge in [0.2, 0.25) is 5.91 Å². The first-order valence-corrected chi connectivity index (χ1v) is 7.20. The van der Waals surface area contributed by atoms with Crippen molar-refractivity contribution in [1.82, 2.24) is 5.32 Å². The van der Waals surface area contributed by atoms with Gasteiger partial charge < -0.3 is 10.6 Å². The summed E-state index contributed by atoms with van der Waals surface area (Å²) in [5, 5.41) is 7.95. The van der Waals surface area contributed by atoms with Crippen molar-refractivity contribution in [3.8, 4) is 0 Å². The van der Waals surface area contributed by atoms with E-state index in [9.17, 15) is 14.4 Å². The Kier molecular flexibility index (Phi) is 4.94. The molecular weight excluding hydrogens is 292 g/mol. The molecule has 1 heterocycles. The third-order valence-corrected chi connectivity index (χ3v) is 3.34. The van der Waals surface area contributed by atoms with Crippen molar-refractivity contribution in [2.45, 2.75) is 6.92 Å². The molecule has 110 valence electrons. The highest BCUT2D eigenvalue weighted by Gasteiger charge is 2.18.